The van der Waals surface area contributed by atoms with Crippen LogP contribution in [0.1, 0.15) is 23.1 Å². The van der Waals surface area contributed by atoms with E-state index in [-0.39, 0.29) is 18.5 Å². The summed E-state index contributed by atoms with van der Waals surface area (Å²) < 4.78 is 13.1. The minimum absolute atomic E-state index is 0. The molecule has 0 aliphatic carbocycles. The lowest BCUT2D eigenvalue weighted by Crippen LogP contribution is -2.54. The minimum Gasteiger partial charge on any atom is -0.369 e. The third kappa shape index (κ3) is 5.98. The molecule has 0 unspecified atom stereocenters. The van der Waals surface area contributed by atoms with Gasteiger partial charge >= 0.3 is 0 Å². The SMILES string of the molecule is Cl.Clc1ccc([C@]2(OCc3ccccc3)CCNC[C@@H]2OCc2ccc(Cl)c(Cl)c2)cc1. The highest BCUT2D eigenvalue weighted by molar-refractivity contribution is 6.42. The summed E-state index contributed by atoms with van der Waals surface area (Å²) in [6, 6.07) is 23.6. The Kier molecular flexibility index (Phi) is 9.27. The van der Waals surface area contributed by atoms with E-state index < -0.39 is 5.60 Å². The van der Waals surface area contributed by atoms with Crippen LogP contribution in [0.15, 0.2) is 72.8 Å². The molecule has 3 nitrogen and oxygen atoms in total. The zero-order chi connectivity index (χ0) is 21.7. The molecular formula is C25H25Cl4NO2. The lowest BCUT2D eigenvalue weighted by Gasteiger charge is -2.44. The van der Waals surface area contributed by atoms with E-state index in [0.29, 0.717) is 34.8 Å². The van der Waals surface area contributed by atoms with Crippen LogP contribution in [0.2, 0.25) is 15.1 Å². The summed E-state index contributed by atoms with van der Waals surface area (Å²) in [5, 5.41) is 5.20. The van der Waals surface area contributed by atoms with E-state index in [1.165, 1.54) is 0 Å². The van der Waals surface area contributed by atoms with Gasteiger partial charge < -0.3 is 14.8 Å². The van der Waals surface area contributed by atoms with Crippen LogP contribution < -0.4 is 5.32 Å². The number of rotatable bonds is 7. The fourth-order valence-electron chi connectivity index (χ4n) is 3.95. The largest absolute Gasteiger partial charge is 0.369 e. The van der Waals surface area contributed by atoms with Crippen molar-refractivity contribution in [2.24, 2.45) is 0 Å². The van der Waals surface area contributed by atoms with Crippen molar-refractivity contribution in [1.82, 2.24) is 5.32 Å². The molecule has 3 aromatic carbocycles. The molecule has 1 aliphatic rings. The Morgan fingerprint density at radius 2 is 1.59 bits per heavy atom. The zero-order valence-electron chi connectivity index (χ0n) is 17.4. The number of benzene rings is 3. The van der Waals surface area contributed by atoms with Gasteiger partial charge in [-0.3, -0.25) is 0 Å². The van der Waals surface area contributed by atoms with Crippen molar-refractivity contribution in [3.63, 3.8) is 0 Å². The highest BCUT2D eigenvalue weighted by Crippen LogP contribution is 2.39. The minimum atomic E-state index is -0.595. The highest BCUT2D eigenvalue weighted by atomic mass is 35.5. The van der Waals surface area contributed by atoms with Crippen LogP contribution in [0, 0.1) is 0 Å². The molecule has 1 N–H and O–H groups in total. The first-order chi connectivity index (χ1) is 15.1. The Morgan fingerprint density at radius 1 is 0.844 bits per heavy atom. The van der Waals surface area contributed by atoms with Crippen molar-refractivity contribution >= 4 is 47.2 Å². The van der Waals surface area contributed by atoms with Gasteiger partial charge in [0.15, 0.2) is 0 Å². The van der Waals surface area contributed by atoms with Crippen LogP contribution in [0.25, 0.3) is 0 Å². The van der Waals surface area contributed by atoms with Gasteiger partial charge in [-0.1, -0.05) is 83.3 Å². The van der Waals surface area contributed by atoms with E-state index in [1.54, 1.807) is 6.07 Å². The fraction of sp³-hybridized carbons (Fsp3) is 0.280. The van der Waals surface area contributed by atoms with E-state index in [1.807, 2.05) is 54.6 Å². The van der Waals surface area contributed by atoms with Gasteiger partial charge in [-0.15, -0.1) is 12.4 Å². The lowest BCUT2D eigenvalue weighted by atomic mass is 9.82. The number of halogens is 4. The third-order valence-corrected chi connectivity index (χ3v) is 6.62. The number of hydrogen-bond donors (Lipinski definition) is 1. The average molecular weight is 513 g/mol. The van der Waals surface area contributed by atoms with Crippen molar-refractivity contribution in [3.05, 3.63) is 105 Å². The molecule has 32 heavy (non-hydrogen) atoms. The van der Waals surface area contributed by atoms with Gasteiger partial charge in [-0.2, -0.15) is 0 Å². The Balaban J connectivity index is 0.00000289. The third-order valence-electron chi connectivity index (χ3n) is 5.63. The van der Waals surface area contributed by atoms with Crippen molar-refractivity contribution in [2.75, 3.05) is 13.1 Å². The maximum absolute atomic E-state index is 6.67. The molecule has 0 spiro atoms. The summed E-state index contributed by atoms with van der Waals surface area (Å²) in [4.78, 5) is 0. The summed E-state index contributed by atoms with van der Waals surface area (Å²) in [5.74, 6) is 0. The summed E-state index contributed by atoms with van der Waals surface area (Å²) >= 11 is 18.4. The van der Waals surface area contributed by atoms with E-state index in [9.17, 15) is 0 Å². The molecule has 3 aromatic rings. The van der Waals surface area contributed by atoms with Crippen molar-refractivity contribution in [1.29, 1.82) is 0 Å². The number of ether oxygens (including phenoxy) is 2. The molecule has 7 heteroatoms. The van der Waals surface area contributed by atoms with Gasteiger partial charge in [0, 0.05) is 11.6 Å². The van der Waals surface area contributed by atoms with Gasteiger partial charge in [0.1, 0.15) is 11.7 Å². The Hall–Kier alpha value is -1.30. The molecule has 1 aliphatic heterocycles. The molecule has 0 saturated carbocycles. The van der Waals surface area contributed by atoms with Crippen molar-refractivity contribution in [3.8, 4) is 0 Å². The molecular weight excluding hydrogens is 488 g/mol. The van der Waals surface area contributed by atoms with Gasteiger partial charge in [-0.05, 0) is 53.9 Å². The molecule has 2 atom stereocenters. The Morgan fingerprint density at radius 3 is 2.31 bits per heavy atom. The maximum atomic E-state index is 6.67. The molecule has 170 valence electrons. The average Bonchev–Trinajstić information content (AvgIpc) is 2.80. The second-order valence-corrected chi connectivity index (χ2v) is 8.92. The van der Waals surface area contributed by atoms with Gasteiger partial charge in [0.2, 0.25) is 0 Å². The molecule has 4 rings (SSSR count). The normalized spacial score (nSPS) is 20.5. The number of nitrogens with one attached hydrogen (secondary N) is 1. The first-order valence-electron chi connectivity index (χ1n) is 10.3. The van der Waals surface area contributed by atoms with Crippen LogP contribution >= 0.6 is 47.2 Å². The Bertz CT molecular complexity index is 1000. The predicted octanol–water partition coefficient (Wildman–Crippen LogP) is 7.06. The zero-order valence-corrected chi connectivity index (χ0v) is 20.5. The first kappa shape index (κ1) is 25.3. The van der Waals surface area contributed by atoms with Crippen LogP contribution in [-0.4, -0.2) is 19.2 Å². The van der Waals surface area contributed by atoms with Crippen molar-refractivity contribution in [2.45, 2.75) is 31.3 Å². The summed E-state index contributed by atoms with van der Waals surface area (Å²) in [5.41, 5.74) is 2.56. The molecule has 1 fully saturated rings. The smallest absolute Gasteiger partial charge is 0.122 e. The molecule has 1 heterocycles. The monoisotopic (exact) mass is 511 g/mol. The topological polar surface area (TPSA) is 30.5 Å². The van der Waals surface area contributed by atoms with Crippen LogP contribution in [-0.2, 0) is 28.3 Å². The number of hydrogen-bond acceptors (Lipinski definition) is 3. The van der Waals surface area contributed by atoms with Crippen molar-refractivity contribution < 1.29 is 9.47 Å². The van der Waals surface area contributed by atoms with Gasteiger partial charge in [0.25, 0.3) is 0 Å². The molecule has 0 aromatic heterocycles. The first-order valence-corrected chi connectivity index (χ1v) is 11.4. The van der Waals surface area contributed by atoms with Crippen LogP contribution in [0.3, 0.4) is 0 Å². The summed E-state index contributed by atoms with van der Waals surface area (Å²) in [7, 11) is 0. The van der Waals surface area contributed by atoms with Crippen LogP contribution in [0.5, 0.6) is 0 Å². The maximum Gasteiger partial charge on any atom is 0.122 e. The molecule has 0 bridgehead atoms. The van der Waals surface area contributed by atoms with E-state index >= 15 is 0 Å². The quantitative estimate of drug-likeness (QED) is 0.367. The fourth-order valence-corrected chi connectivity index (χ4v) is 4.40. The summed E-state index contributed by atoms with van der Waals surface area (Å²) in [6.45, 7) is 2.42. The van der Waals surface area contributed by atoms with E-state index in [0.717, 1.165) is 29.7 Å². The predicted molar refractivity (Wildman–Crippen MR) is 134 cm³/mol. The van der Waals surface area contributed by atoms with E-state index in [4.69, 9.17) is 44.3 Å². The number of piperidine rings is 1. The standard InChI is InChI=1S/C25H24Cl3NO2.ClH/c26-21-9-7-20(8-10-21)25(31-17-18-4-2-1-3-5-18)12-13-29-15-24(25)30-16-19-6-11-22(27)23(28)14-19;/h1-11,14,24,29H,12-13,15-17H2;1H/t24-,25+;/m0./s1. The second kappa shape index (κ2) is 11.7. The highest BCUT2D eigenvalue weighted by Gasteiger charge is 2.44. The Labute approximate surface area is 210 Å². The molecule has 0 amide bonds. The van der Waals surface area contributed by atoms with E-state index in [2.05, 4.69) is 17.4 Å². The molecule has 0 radical (unpaired) electrons. The molecule has 1 saturated heterocycles. The second-order valence-electron chi connectivity index (χ2n) is 7.67. The van der Waals surface area contributed by atoms with Crippen LogP contribution in [0.4, 0.5) is 0 Å². The van der Waals surface area contributed by atoms with Gasteiger partial charge in [0.05, 0.1) is 23.3 Å². The summed E-state index contributed by atoms with van der Waals surface area (Å²) in [6.07, 6.45) is 0.591. The lowest BCUT2D eigenvalue weighted by molar-refractivity contribution is -0.176. The van der Waals surface area contributed by atoms with Gasteiger partial charge in [-0.25, -0.2) is 0 Å².